The Kier molecular flexibility index (Phi) is 27.7. The molecule has 0 amide bonds. The molecule has 0 saturated carbocycles. The second-order valence-electron chi connectivity index (χ2n) is 16.3. The van der Waals surface area contributed by atoms with Crippen LogP contribution in [0.1, 0.15) is 205 Å². The summed E-state index contributed by atoms with van der Waals surface area (Å²) in [4.78, 5) is 9.26. The summed E-state index contributed by atoms with van der Waals surface area (Å²) >= 11 is 0. The summed E-state index contributed by atoms with van der Waals surface area (Å²) < 4.78 is 11.9. The standard InChI is InChI=1S/C52H80N2O4/c1-3-5-7-9-11-13-15-17-19-21-23-25-27-31-39-57-47-37-35-45(51(55)41-47)43-53-49-33-29-30-34-50(49)54-44-46-36-38-48(42-52(46)56)58-40-32-28-26-24-22-20-18-16-14-12-10-8-6-4-2/h29-30,33-38,41-44,55-56H,3-28,31-32,39-40H2,1-2H3. The van der Waals surface area contributed by atoms with Gasteiger partial charge >= 0.3 is 0 Å². The van der Waals surface area contributed by atoms with Crippen molar-refractivity contribution in [1.82, 2.24) is 0 Å². The topological polar surface area (TPSA) is 83.6 Å². The van der Waals surface area contributed by atoms with Crippen molar-refractivity contribution >= 4 is 23.8 Å². The van der Waals surface area contributed by atoms with E-state index in [1.807, 2.05) is 48.5 Å². The smallest absolute Gasteiger partial charge is 0.128 e. The average Bonchev–Trinajstić information content (AvgIpc) is 3.23. The molecule has 0 aliphatic carbocycles. The van der Waals surface area contributed by atoms with Gasteiger partial charge in [0.15, 0.2) is 0 Å². The number of hydrogen-bond acceptors (Lipinski definition) is 6. The lowest BCUT2D eigenvalue weighted by Gasteiger charge is -2.08. The van der Waals surface area contributed by atoms with Gasteiger partial charge in [-0.2, -0.15) is 0 Å². The summed E-state index contributed by atoms with van der Waals surface area (Å²) in [6.07, 6.45) is 40.6. The van der Waals surface area contributed by atoms with Gasteiger partial charge < -0.3 is 19.7 Å². The fourth-order valence-electron chi connectivity index (χ4n) is 7.38. The van der Waals surface area contributed by atoms with Crippen molar-refractivity contribution < 1.29 is 19.7 Å². The van der Waals surface area contributed by atoms with Crippen molar-refractivity contribution in [2.24, 2.45) is 9.98 Å². The number of aliphatic imine (C=N–C) groups is 2. The minimum Gasteiger partial charge on any atom is -0.507 e. The van der Waals surface area contributed by atoms with Crippen molar-refractivity contribution in [3.8, 4) is 23.0 Å². The zero-order valence-corrected chi connectivity index (χ0v) is 36.7. The number of rotatable bonds is 36. The maximum atomic E-state index is 10.7. The number of nitrogens with zero attached hydrogens (tertiary/aromatic N) is 2. The van der Waals surface area contributed by atoms with Crippen molar-refractivity contribution in [2.75, 3.05) is 13.2 Å². The quantitative estimate of drug-likeness (QED) is 0.0453. The summed E-state index contributed by atoms with van der Waals surface area (Å²) in [5.41, 5.74) is 2.52. The molecule has 0 aliphatic heterocycles. The van der Waals surface area contributed by atoms with Gasteiger partial charge in [0, 0.05) is 35.7 Å². The normalized spacial score (nSPS) is 11.6. The molecular formula is C52H80N2O4. The SMILES string of the molecule is CCCCCCCCCCCCCCCCOc1ccc(C=Nc2ccccc2N=Cc2ccc(OCCCCCCCCCCCCCCCC)cc2O)c(O)c1. The molecule has 3 aromatic rings. The highest BCUT2D eigenvalue weighted by molar-refractivity contribution is 5.89. The Balaban J connectivity index is 1.29. The number of phenolic OH excluding ortho intramolecular Hbond substituents is 2. The van der Waals surface area contributed by atoms with Crippen molar-refractivity contribution in [3.05, 3.63) is 71.8 Å². The number of hydrogen-bond donors (Lipinski definition) is 2. The molecular weight excluding hydrogens is 717 g/mol. The van der Waals surface area contributed by atoms with Crippen LogP contribution in [0, 0.1) is 0 Å². The van der Waals surface area contributed by atoms with Crippen molar-refractivity contribution in [1.29, 1.82) is 0 Å². The Bertz CT molecular complexity index is 1410. The van der Waals surface area contributed by atoms with Gasteiger partial charge in [-0.1, -0.05) is 193 Å². The van der Waals surface area contributed by atoms with Crippen molar-refractivity contribution in [3.63, 3.8) is 0 Å². The van der Waals surface area contributed by atoms with Crippen LogP contribution in [0.4, 0.5) is 11.4 Å². The molecule has 0 radical (unpaired) electrons. The molecule has 0 atom stereocenters. The summed E-state index contributed by atoms with van der Waals surface area (Å²) in [5, 5.41) is 21.4. The van der Waals surface area contributed by atoms with Crippen LogP contribution in [0.3, 0.4) is 0 Å². The molecule has 2 N–H and O–H groups in total. The van der Waals surface area contributed by atoms with E-state index in [-0.39, 0.29) is 11.5 Å². The van der Waals surface area contributed by atoms with Gasteiger partial charge in [-0.3, -0.25) is 9.98 Å². The number of benzene rings is 3. The Hall–Kier alpha value is -3.80. The van der Waals surface area contributed by atoms with E-state index < -0.39 is 0 Å². The zero-order chi connectivity index (χ0) is 41.1. The Morgan fingerprint density at radius 2 is 0.690 bits per heavy atom. The number of phenols is 2. The molecule has 0 saturated heterocycles. The molecule has 0 fully saturated rings. The monoisotopic (exact) mass is 797 g/mol. The highest BCUT2D eigenvalue weighted by Crippen LogP contribution is 2.30. The molecule has 6 heteroatoms. The van der Waals surface area contributed by atoms with Gasteiger partial charge in [0.2, 0.25) is 0 Å². The summed E-state index contributed by atoms with van der Waals surface area (Å²) in [5.74, 6) is 1.58. The van der Waals surface area contributed by atoms with Gasteiger partial charge in [-0.05, 0) is 49.2 Å². The van der Waals surface area contributed by atoms with Crippen LogP contribution in [-0.4, -0.2) is 35.9 Å². The molecule has 0 unspecified atom stereocenters. The molecule has 322 valence electrons. The van der Waals surface area contributed by atoms with Crippen LogP contribution in [0.2, 0.25) is 0 Å². The predicted octanol–water partition coefficient (Wildman–Crippen LogP) is 16.3. The van der Waals surface area contributed by atoms with Crippen molar-refractivity contribution in [2.45, 2.75) is 194 Å². The Labute approximate surface area is 354 Å². The first kappa shape index (κ1) is 48.6. The predicted molar refractivity (Wildman–Crippen MR) is 249 cm³/mol. The largest absolute Gasteiger partial charge is 0.507 e. The summed E-state index contributed by atoms with van der Waals surface area (Å²) in [7, 11) is 0. The Morgan fingerprint density at radius 1 is 0.397 bits per heavy atom. The lowest BCUT2D eigenvalue weighted by molar-refractivity contribution is 0.302. The maximum absolute atomic E-state index is 10.7. The van der Waals surface area contributed by atoms with Crippen LogP contribution in [0.15, 0.2) is 70.6 Å². The summed E-state index contributed by atoms with van der Waals surface area (Å²) in [6.45, 7) is 5.86. The number of para-hydroxylation sites is 2. The highest BCUT2D eigenvalue weighted by Gasteiger charge is 2.06. The van der Waals surface area contributed by atoms with Gasteiger partial charge in [-0.25, -0.2) is 0 Å². The molecule has 0 aliphatic rings. The first-order chi connectivity index (χ1) is 28.6. The lowest BCUT2D eigenvalue weighted by Crippen LogP contribution is -1.97. The molecule has 3 aromatic carbocycles. The van der Waals surface area contributed by atoms with E-state index in [0.717, 1.165) is 12.8 Å². The number of ether oxygens (including phenoxy) is 2. The molecule has 3 rings (SSSR count). The van der Waals surface area contributed by atoms with E-state index in [1.165, 1.54) is 167 Å². The second kappa shape index (κ2) is 33.1. The van der Waals surface area contributed by atoms with Crippen LogP contribution >= 0.6 is 0 Å². The molecule has 6 nitrogen and oxygen atoms in total. The van der Waals surface area contributed by atoms with Crippen LogP contribution in [0.5, 0.6) is 23.0 Å². The van der Waals surface area contributed by atoms with E-state index in [2.05, 4.69) is 23.8 Å². The van der Waals surface area contributed by atoms with E-state index in [4.69, 9.17) is 9.47 Å². The fourth-order valence-corrected chi connectivity index (χ4v) is 7.38. The van der Waals surface area contributed by atoms with E-state index in [1.54, 1.807) is 24.6 Å². The van der Waals surface area contributed by atoms with E-state index in [0.29, 0.717) is 47.2 Å². The van der Waals surface area contributed by atoms with E-state index in [9.17, 15) is 10.2 Å². The van der Waals surface area contributed by atoms with Crippen LogP contribution in [-0.2, 0) is 0 Å². The van der Waals surface area contributed by atoms with Gasteiger partial charge in [-0.15, -0.1) is 0 Å². The number of unbranched alkanes of at least 4 members (excludes halogenated alkanes) is 26. The fraction of sp³-hybridized carbons (Fsp3) is 0.615. The highest BCUT2D eigenvalue weighted by atomic mass is 16.5. The first-order valence-electron chi connectivity index (χ1n) is 23.7. The number of aromatic hydroxyl groups is 2. The van der Waals surface area contributed by atoms with Crippen LogP contribution < -0.4 is 9.47 Å². The second-order valence-corrected chi connectivity index (χ2v) is 16.3. The van der Waals surface area contributed by atoms with Gasteiger partial charge in [0.1, 0.15) is 23.0 Å². The third kappa shape index (κ3) is 23.0. The van der Waals surface area contributed by atoms with Crippen LogP contribution in [0.25, 0.3) is 0 Å². The molecule has 0 heterocycles. The maximum Gasteiger partial charge on any atom is 0.128 e. The lowest BCUT2D eigenvalue weighted by atomic mass is 10.0. The minimum atomic E-state index is 0.125. The molecule has 58 heavy (non-hydrogen) atoms. The molecule has 0 spiro atoms. The average molecular weight is 797 g/mol. The minimum absolute atomic E-state index is 0.125. The first-order valence-corrected chi connectivity index (χ1v) is 23.7. The third-order valence-corrected chi connectivity index (χ3v) is 11.1. The molecule has 0 bridgehead atoms. The Morgan fingerprint density at radius 3 is 0.983 bits per heavy atom. The van der Waals surface area contributed by atoms with E-state index >= 15 is 0 Å². The third-order valence-electron chi connectivity index (χ3n) is 11.1. The van der Waals surface area contributed by atoms with Gasteiger partial charge in [0.05, 0.1) is 24.6 Å². The summed E-state index contributed by atoms with van der Waals surface area (Å²) in [6, 6.07) is 18.3. The van der Waals surface area contributed by atoms with Gasteiger partial charge in [0.25, 0.3) is 0 Å². The molecule has 0 aromatic heterocycles. The zero-order valence-electron chi connectivity index (χ0n) is 36.7.